The van der Waals surface area contributed by atoms with Gasteiger partial charge in [-0.3, -0.25) is 9.59 Å². The molecule has 4 N–H and O–H groups in total. The zero-order valence-corrected chi connectivity index (χ0v) is 39.4. The molecule has 11 nitrogen and oxygen atoms in total. The number of carbonyl (C=O) groups excluding carboxylic acids is 2. The van der Waals surface area contributed by atoms with Gasteiger partial charge in [0.25, 0.3) is 0 Å². The highest BCUT2D eigenvalue weighted by Gasteiger charge is 2.47. The van der Waals surface area contributed by atoms with Crippen LogP contribution in [0.2, 0.25) is 0 Å². The normalized spacial score (nSPS) is 19.7. The number of aliphatic hydroxyl groups excluding tert-OH is 3. The van der Waals surface area contributed by atoms with E-state index >= 15 is 0 Å². The number of rotatable bonds is 43. The third-order valence-corrected chi connectivity index (χ3v) is 11.8. The highest BCUT2D eigenvalue weighted by atomic mass is 16.7. The fraction of sp³-hybridized carbons (Fsp3) is 0.863. The number of carbonyl (C=O) groups is 3. The van der Waals surface area contributed by atoms with Gasteiger partial charge in [-0.05, 0) is 64.2 Å². The SMILES string of the molecule is CCCCCCCC/C=C\CCCCCCCCCCCC(=O)OCC(COC1OC(C(=O)O)C(O)C(O)C1O)OC(=O)CCCCCCCCC/C=C\CCCCCCCC. The van der Waals surface area contributed by atoms with Gasteiger partial charge in [-0.2, -0.15) is 0 Å². The highest BCUT2D eigenvalue weighted by molar-refractivity contribution is 5.73. The Labute approximate surface area is 377 Å². The molecule has 0 aromatic carbocycles. The number of hydrogen-bond donors (Lipinski definition) is 4. The minimum atomic E-state index is -1.86. The van der Waals surface area contributed by atoms with Crippen LogP contribution in [0.25, 0.3) is 0 Å². The van der Waals surface area contributed by atoms with Crippen molar-refractivity contribution >= 4 is 17.9 Å². The number of ether oxygens (including phenoxy) is 4. The van der Waals surface area contributed by atoms with E-state index in [2.05, 4.69) is 38.2 Å². The molecule has 6 unspecified atom stereocenters. The molecule has 0 radical (unpaired) electrons. The second kappa shape index (κ2) is 41.4. The number of allylic oxidation sites excluding steroid dienone is 4. The maximum absolute atomic E-state index is 12.8. The first-order valence-corrected chi connectivity index (χ1v) is 25.4. The second-order valence-electron chi connectivity index (χ2n) is 17.7. The van der Waals surface area contributed by atoms with Gasteiger partial charge in [0.05, 0.1) is 6.61 Å². The van der Waals surface area contributed by atoms with Crippen LogP contribution in [-0.4, -0.2) is 88.4 Å². The predicted molar refractivity (Wildman–Crippen MR) is 248 cm³/mol. The van der Waals surface area contributed by atoms with E-state index in [1.807, 2.05) is 0 Å². The van der Waals surface area contributed by atoms with Gasteiger partial charge in [0, 0.05) is 12.8 Å². The first-order chi connectivity index (χ1) is 30.2. The van der Waals surface area contributed by atoms with Crippen LogP contribution in [0.5, 0.6) is 0 Å². The maximum atomic E-state index is 12.8. The van der Waals surface area contributed by atoms with Gasteiger partial charge in [0.1, 0.15) is 24.9 Å². The molecule has 0 spiro atoms. The molecular weight excluding hydrogens is 789 g/mol. The molecule has 1 heterocycles. The molecular formula is C51H92O11. The highest BCUT2D eigenvalue weighted by Crippen LogP contribution is 2.23. The van der Waals surface area contributed by atoms with Gasteiger partial charge in [0.15, 0.2) is 18.5 Å². The van der Waals surface area contributed by atoms with Crippen LogP contribution in [-0.2, 0) is 33.3 Å². The molecule has 0 aromatic heterocycles. The van der Waals surface area contributed by atoms with Crippen molar-refractivity contribution in [2.75, 3.05) is 13.2 Å². The van der Waals surface area contributed by atoms with Crippen molar-refractivity contribution in [3.63, 3.8) is 0 Å². The molecule has 11 heteroatoms. The van der Waals surface area contributed by atoms with Gasteiger partial charge in [0.2, 0.25) is 0 Å². The van der Waals surface area contributed by atoms with Crippen molar-refractivity contribution in [1.82, 2.24) is 0 Å². The summed E-state index contributed by atoms with van der Waals surface area (Å²) in [5, 5.41) is 39.9. The van der Waals surface area contributed by atoms with Crippen LogP contribution in [0.1, 0.15) is 232 Å². The monoisotopic (exact) mass is 881 g/mol. The lowest BCUT2D eigenvalue weighted by Gasteiger charge is -2.38. The van der Waals surface area contributed by atoms with Gasteiger partial charge in [-0.1, -0.05) is 179 Å². The number of unbranched alkanes of at least 4 members (excludes halogenated alkanes) is 28. The van der Waals surface area contributed by atoms with E-state index in [4.69, 9.17) is 18.9 Å². The lowest BCUT2D eigenvalue weighted by Crippen LogP contribution is -2.60. The average Bonchev–Trinajstić information content (AvgIpc) is 3.26. The average molecular weight is 881 g/mol. The Kier molecular flexibility index (Phi) is 38.5. The number of aliphatic carboxylic acids is 1. The van der Waals surface area contributed by atoms with E-state index in [0.717, 1.165) is 44.9 Å². The Morgan fingerprint density at radius 2 is 0.855 bits per heavy atom. The van der Waals surface area contributed by atoms with Gasteiger partial charge >= 0.3 is 17.9 Å². The molecule has 0 bridgehead atoms. The third-order valence-electron chi connectivity index (χ3n) is 11.8. The second-order valence-corrected chi connectivity index (χ2v) is 17.7. The first-order valence-electron chi connectivity index (χ1n) is 25.4. The minimum absolute atomic E-state index is 0.180. The van der Waals surface area contributed by atoms with E-state index in [1.165, 1.54) is 148 Å². The molecule has 1 rings (SSSR count). The molecule has 1 fully saturated rings. The van der Waals surface area contributed by atoms with Crippen molar-refractivity contribution in [1.29, 1.82) is 0 Å². The molecule has 0 aromatic rings. The standard InChI is InChI=1S/C51H92O11/c1-3-5-7-9-11-13-15-17-19-21-22-24-25-27-29-31-33-35-37-39-44(52)59-41-43(42-60-51-48(56)46(54)47(55)49(62-51)50(57)58)61-45(53)40-38-36-34-32-30-28-26-23-20-18-16-14-12-10-8-6-4-2/h17-20,43,46-49,51,54-56H,3-16,21-42H2,1-2H3,(H,57,58)/b19-17-,20-18-. The Bertz CT molecular complexity index is 1130. The van der Waals surface area contributed by atoms with Crippen LogP contribution >= 0.6 is 0 Å². The van der Waals surface area contributed by atoms with E-state index in [9.17, 15) is 34.8 Å². The molecule has 6 atom stereocenters. The summed E-state index contributed by atoms with van der Waals surface area (Å²) in [4.78, 5) is 37.0. The third kappa shape index (κ3) is 32.4. The Morgan fingerprint density at radius 3 is 1.26 bits per heavy atom. The van der Waals surface area contributed by atoms with Crippen LogP contribution < -0.4 is 0 Å². The van der Waals surface area contributed by atoms with Crippen LogP contribution in [0, 0.1) is 0 Å². The van der Waals surface area contributed by atoms with Crippen LogP contribution in [0.3, 0.4) is 0 Å². The Morgan fingerprint density at radius 1 is 0.484 bits per heavy atom. The van der Waals surface area contributed by atoms with Crippen LogP contribution in [0.15, 0.2) is 24.3 Å². The van der Waals surface area contributed by atoms with Gasteiger partial charge in [-0.25, -0.2) is 4.79 Å². The quantitative estimate of drug-likeness (QED) is 0.0261. The number of aliphatic hydroxyl groups is 3. The number of esters is 2. The molecule has 1 saturated heterocycles. The lowest BCUT2D eigenvalue weighted by molar-refractivity contribution is -0.298. The Hall–Kier alpha value is -2.31. The summed E-state index contributed by atoms with van der Waals surface area (Å²) in [5.74, 6) is -2.44. The summed E-state index contributed by atoms with van der Waals surface area (Å²) in [6, 6.07) is 0. The summed E-state index contributed by atoms with van der Waals surface area (Å²) in [7, 11) is 0. The van der Waals surface area contributed by atoms with E-state index < -0.39 is 54.7 Å². The molecule has 0 aliphatic carbocycles. The zero-order valence-electron chi connectivity index (χ0n) is 39.4. The Balaban J connectivity index is 2.31. The van der Waals surface area contributed by atoms with E-state index in [-0.39, 0.29) is 26.1 Å². The summed E-state index contributed by atoms with van der Waals surface area (Å²) >= 11 is 0. The summed E-state index contributed by atoms with van der Waals surface area (Å²) < 4.78 is 21.8. The van der Waals surface area contributed by atoms with Crippen molar-refractivity contribution in [3.05, 3.63) is 24.3 Å². The van der Waals surface area contributed by atoms with Crippen molar-refractivity contribution in [2.45, 2.75) is 269 Å². The van der Waals surface area contributed by atoms with Crippen LogP contribution in [0.4, 0.5) is 0 Å². The van der Waals surface area contributed by atoms with Gasteiger partial charge in [-0.15, -0.1) is 0 Å². The largest absolute Gasteiger partial charge is 0.479 e. The van der Waals surface area contributed by atoms with E-state index in [0.29, 0.717) is 12.8 Å². The minimum Gasteiger partial charge on any atom is -0.479 e. The first kappa shape index (κ1) is 57.7. The molecule has 0 amide bonds. The molecule has 62 heavy (non-hydrogen) atoms. The molecule has 1 aliphatic heterocycles. The smallest absolute Gasteiger partial charge is 0.335 e. The maximum Gasteiger partial charge on any atom is 0.335 e. The van der Waals surface area contributed by atoms with E-state index in [1.54, 1.807) is 0 Å². The fourth-order valence-corrected chi connectivity index (χ4v) is 7.75. The van der Waals surface area contributed by atoms with Crippen molar-refractivity contribution in [3.8, 4) is 0 Å². The van der Waals surface area contributed by atoms with Crippen molar-refractivity contribution < 1.29 is 53.8 Å². The molecule has 1 aliphatic rings. The van der Waals surface area contributed by atoms with Gasteiger partial charge < -0.3 is 39.4 Å². The topological polar surface area (TPSA) is 169 Å². The molecule has 362 valence electrons. The molecule has 0 saturated carbocycles. The number of carboxylic acids is 1. The number of hydrogen-bond acceptors (Lipinski definition) is 10. The summed E-state index contributed by atoms with van der Waals surface area (Å²) in [5.41, 5.74) is 0. The zero-order chi connectivity index (χ0) is 45.3. The fourth-order valence-electron chi connectivity index (χ4n) is 7.75. The predicted octanol–water partition coefficient (Wildman–Crippen LogP) is 11.8. The number of carboxylic acid groups (broad SMARTS) is 1. The summed E-state index contributed by atoms with van der Waals surface area (Å²) in [6.45, 7) is 3.83. The van der Waals surface area contributed by atoms with Crippen molar-refractivity contribution in [2.24, 2.45) is 0 Å². The summed E-state index contributed by atoms with van der Waals surface area (Å²) in [6.07, 6.45) is 37.9. The lowest BCUT2D eigenvalue weighted by atomic mass is 9.99.